The minimum Gasteiger partial charge on any atom is -0.309 e. The van der Waals surface area contributed by atoms with Gasteiger partial charge in [0.25, 0.3) is 0 Å². The Kier molecular flexibility index (Phi) is 9.54. The molecule has 0 unspecified atom stereocenters. The molecule has 0 fully saturated rings. The Morgan fingerprint density at radius 1 is 0.206 bits per heavy atom. The van der Waals surface area contributed by atoms with Crippen LogP contribution in [0.25, 0.3) is 122 Å². The van der Waals surface area contributed by atoms with Crippen LogP contribution in [0.2, 0.25) is 0 Å². The maximum atomic E-state index is 2.48. The van der Waals surface area contributed by atoms with Crippen molar-refractivity contribution in [1.82, 2.24) is 9.13 Å². The second-order valence-corrected chi connectivity index (χ2v) is 17.7. The summed E-state index contributed by atoms with van der Waals surface area (Å²) in [6, 6.07) is 97.5. The van der Waals surface area contributed by atoms with Gasteiger partial charge < -0.3 is 9.13 Å². The van der Waals surface area contributed by atoms with E-state index in [1.807, 2.05) is 0 Å². The van der Waals surface area contributed by atoms with Crippen molar-refractivity contribution in [3.63, 3.8) is 0 Å². The number of hydrogen-bond acceptors (Lipinski definition) is 0. The van der Waals surface area contributed by atoms with Gasteiger partial charge in [0, 0.05) is 32.8 Å². The summed E-state index contributed by atoms with van der Waals surface area (Å²) >= 11 is 0. The lowest BCUT2D eigenvalue weighted by Crippen LogP contribution is -1.98. The normalized spacial score (nSPS) is 11.5. The molecule has 0 atom stereocenters. The molecule has 13 aromatic rings. The second kappa shape index (κ2) is 16.5. The number of hydrogen-bond donors (Lipinski definition) is 0. The Labute approximate surface area is 395 Å². The van der Waals surface area contributed by atoms with Gasteiger partial charge in [-0.15, -0.1) is 0 Å². The summed E-state index contributed by atoms with van der Waals surface area (Å²) in [5, 5.41) is 4.92. The van der Waals surface area contributed by atoms with Gasteiger partial charge in [0.2, 0.25) is 0 Å². The Morgan fingerprint density at radius 2 is 0.647 bits per heavy atom. The van der Waals surface area contributed by atoms with E-state index >= 15 is 0 Å². The third kappa shape index (κ3) is 6.73. The predicted octanol–water partition coefficient (Wildman–Crippen LogP) is 17.9. The summed E-state index contributed by atoms with van der Waals surface area (Å²) < 4.78 is 4.92. The molecular weight excluding hydrogens is 821 g/mol. The van der Waals surface area contributed by atoms with Crippen LogP contribution >= 0.6 is 0 Å². The molecule has 2 heteroatoms. The molecule has 13 rings (SSSR count). The molecule has 318 valence electrons. The minimum atomic E-state index is 1.14. The van der Waals surface area contributed by atoms with Crippen molar-refractivity contribution >= 4 is 43.6 Å². The van der Waals surface area contributed by atoms with Crippen LogP contribution in [-0.2, 0) is 0 Å². The van der Waals surface area contributed by atoms with Crippen molar-refractivity contribution in [3.8, 4) is 78.1 Å². The van der Waals surface area contributed by atoms with Gasteiger partial charge in [-0.2, -0.15) is 0 Å². The van der Waals surface area contributed by atoms with Gasteiger partial charge in [0.1, 0.15) is 0 Å². The molecule has 0 aliphatic rings. The second-order valence-electron chi connectivity index (χ2n) is 17.7. The lowest BCUT2D eigenvalue weighted by Gasteiger charge is -2.17. The number of para-hydroxylation sites is 1. The molecule has 2 aromatic heterocycles. The SMILES string of the molecule is c1ccc(-c2ccc(-n3c4ccc(-c5ccc6c(c5)c5ccccc5n6-c5cc(-c6ccccc6)ccc5-c5cccc(-c6ccccc6)c5)cc4c4c(-c5ccccc5)cccc43)cc2)cc1. The van der Waals surface area contributed by atoms with E-state index in [4.69, 9.17) is 0 Å². The summed E-state index contributed by atoms with van der Waals surface area (Å²) in [6.07, 6.45) is 0. The van der Waals surface area contributed by atoms with Gasteiger partial charge in [-0.05, 0) is 122 Å². The van der Waals surface area contributed by atoms with E-state index in [0.29, 0.717) is 0 Å². The van der Waals surface area contributed by atoms with E-state index in [1.165, 1.54) is 110 Å². The van der Waals surface area contributed by atoms with Gasteiger partial charge in [-0.1, -0.05) is 206 Å². The molecule has 0 bridgehead atoms. The van der Waals surface area contributed by atoms with E-state index in [-0.39, 0.29) is 0 Å². The van der Waals surface area contributed by atoms with Gasteiger partial charge >= 0.3 is 0 Å². The summed E-state index contributed by atoms with van der Waals surface area (Å²) in [6.45, 7) is 0. The summed E-state index contributed by atoms with van der Waals surface area (Å²) in [5.74, 6) is 0. The van der Waals surface area contributed by atoms with E-state index < -0.39 is 0 Å². The smallest absolute Gasteiger partial charge is 0.0547 e. The van der Waals surface area contributed by atoms with Crippen molar-refractivity contribution in [2.75, 3.05) is 0 Å². The average Bonchev–Trinajstić information content (AvgIpc) is 3.94. The monoisotopic (exact) mass is 864 g/mol. The Balaban J connectivity index is 0.997. The molecular formula is C66H44N2. The first kappa shape index (κ1) is 39.4. The van der Waals surface area contributed by atoms with Crippen LogP contribution in [0, 0.1) is 0 Å². The van der Waals surface area contributed by atoms with Gasteiger partial charge in [-0.25, -0.2) is 0 Å². The first-order valence-electron chi connectivity index (χ1n) is 23.4. The topological polar surface area (TPSA) is 9.86 Å². The first-order valence-corrected chi connectivity index (χ1v) is 23.4. The van der Waals surface area contributed by atoms with Crippen LogP contribution < -0.4 is 0 Å². The van der Waals surface area contributed by atoms with E-state index in [1.54, 1.807) is 0 Å². The molecule has 0 radical (unpaired) electrons. The molecule has 0 aliphatic carbocycles. The molecule has 0 aliphatic heterocycles. The Morgan fingerprint density at radius 3 is 1.32 bits per heavy atom. The number of fused-ring (bicyclic) bond motifs is 6. The molecule has 0 saturated heterocycles. The summed E-state index contributed by atoms with van der Waals surface area (Å²) in [7, 11) is 0. The predicted molar refractivity (Wildman–Crippen MR) is 288 cm³/mol. The molecule has 2 nitrogen and oxygen atoms in total. The highest BCUT2D eigenvalue weighted by atomic mass is 15.0. The van der Waals surface area contributed by atoms with Crippen LogP contribution in [0.15, 0.2) is 267 Å². The Hall–Kier alpha value is -8.98. The molecule has 0 saturated carbocycles. The fourth-order valence-electron chi connectivity index (χ4n) is 10.5. The maximum absolute atomic E-state index is 2.48. The van der Waals surface area contributed by atoms with Gasteiger partial charge in [0.15, 0.2) is 0 Å². The maximum Gasteiger partial charge on any atom is 0.0547 e. The quantitative estimate of drug-likeness (QED) is 0.144. The molecule has 0 N–H and O–H groups in total. The highest BCUT2D eigenvalue weighted by Gasteiger charge is 2.20. The van der Waals surface area contributed by atoms with Crippen molar-refractivity contribution in [2.24, 2.45) is 0 Å². The van der Waals surface area contributed by atoms with Gasteiger partial charge in [-0.3, -0.25) is 0 Å². The zero-order valence-corrected chi connectivity index (χ0v) is 37.3. The number of benzene rings is 11. The van der Waals surface area contributed by atoms with Crippen molar-refractivity contribution < 1.29 is 0 Å². The third-order valence-electron chi connectivity index (χ3n) is 13.7. The van der Waals surface area contributed by atoms with E-state index in [2.05, 4.69) is 276 Å². The zero-order valence-electron chi connectivity index (χ0n) is 37.3. The lowest BCUT2D eigenvalue weighted by atomic mass is 9.95. The van der Waals surface area contributed by atoms with E-state index in [9.17, 15) is 0 Å². The molecule has 68 heavy (non-hydrogen) atoms. The molecule has 0 spiro atoms. The third-order valence-corrected chi connectivity index (χ3v) is 13.7. The number of nitrogens with zero attached hydrogens (tertiary/aromatic N) is 2. The van der Waals surface area contributed by atoms with Crippen LogP contribution in [0.1, 0.15) is 0 Å². The average molecular weight is 865 g/mol. The fourth-order valence-corrected chi connectivity index (χ4v) is 10.5. The largest absolute Gasteiger partial charge is 0.309 e. The zero-order chi connectivity index (χ0) is 45.0. The Bertz CT molecular complexity index is 3980. The lowest BCUT2D eigenvalue weighted by molar-refractivity contribution is 1.18. The van der Waals surface area contributed by atoms with Crippen molar-refractivity contribution in [1.29, 1.82) is 0 Å². The highest BCUT2D eigenvalue weighted by molar-refractivity contribution is 6.17. The molecule has 2 heterocycles. The van der Waals surface area contributed by atoms with Crippen molar-refractivity contribution in [3.05, 3.63) is 267 Å². The van der Waals surface area contributed by atoms with Gasteiger partial charge in [0.05, 0.1) is 27.8 Å². The standard InChI is InChI=1S/C66H44N2/c1-5-17-45(18-6-1)48-31-36-55(37-32-48)67-63-40-35-52(43-60(63)66-57(28-16-30-64(66)67)49-23-11-4-12-24-49)51-34-39-62-59(42-51)58-27-13-14-29-61(58)68(62)65-44-53(47-21-9-3-10-22-47)33-38-56(65)54-26-15-25-50(41-54)46-19-7-2-8-20-46/h1-44H. The summed E-state index contributed by atoms with van der Waals surface area (Å²) in [4.78, 5) is 0. The minimum absolute atomic E-state index is 1.14. The number of rotatable bonds is 8. The molecule has 11 aromatic carbocycles. The van der Waals surface area contributed by atoms with Crippen LogP contribution in [0.3, 0.4) is 0 Å². The van der Waals surface area contributed by atoms with Crippen LogP contribution in [-0.4, -0.2) is 9.13 Å². The van der Waals surface area contributed by atoms with Crippen LogP contribution in [0.5, 0.6) is 0 Å². The van der Waals surface area contributed by atoms with Crippen LogP contribution in [0.4, 0.5) is 0 Å². The van der Waals surface area contributed by atoms with Crippen molar-refractivity contribution in [2.45, 2.75) is 0 Å². The fraction of sp³-hybridized carbons (Fsp3) is 0. The first-order chi connectivity index (χ1) is 33.7. The summed E-state index contributed by atoms with van der Waals surface area (Å²) in [5.41, 5.74) is 21.4. The highest BCUT2D eigenvalue weighted by Crippen LogP contribution is 2.43. The molecule has 0 amide bonds. The van der Waals surface area contributed by atoms with E-state index in [0.717, 1.165) is 11.4 Å². The number of aromatic nitrogens is 2.